The van der Waals surface area contributed by atoms with E-state index in [4.69, 9.17) is 0 Å². The first-order valence-corrected chi connectivity index (χ1v) is 30.9. The zero-order chi connectivity index (χ0) is 61.5. The van der Waals surface area contributed by atoms with Crippen molar-refractivity contribution < 1.29 is 8.78 Å². The van der Waals surface area contributed by atoms with Crippen LogP contribution in [0.15, 0.2) is 352 Å². The average Bonchev–Trinajstić information content (AvgIpc) is 1.59. The van der Waals surface area contributed by atoms with E-state index in [-0.39, 0.29) is 11.6 Å². The van der Waals surface area contributed by atoms with Gasteiger partial charge >= 0.3 is 0 Å². The summed E-state index contributed by atoms with van der Waals surface area (Å²) in [4.78, 5) is 9.21. The Balaban J connectivity index is 0.786. The smallest absolute Gasteiger partial charge is 0.123 e. The monoisotopic (exact) mass is 1190 g/mol. The summed E-state index contributed by atoms with van der Waals surface area (Å²) in [6, 6.07) is 121. The minimum absolute atomic E-state index is 0.270. The molecule has 0 amide bonds. The van der Waals surface area contributed by atoms with Gasteiger partial charge in [-0.3, -0.25) is 0 Å². The maximum Gasteiger partial charge on any atom is 0.123 e. The van der Waals surface area contributed by atoms with Crippen molar-refractivity contribution in [1.82, 2.24) is 9.13 Å². The van der Waals surface area contributed by atoms with Crippen LogP contribution in [-0.4, -0.2) is 9.13 Å². The molecule has 16 rings (SSSR count). The average molecular weight is 1190 g/mol. The highest BCUT2D eigenvalue weighted by Gasteiger charge is 2.22. The van der Waals surface area contributed by atoms with Crippen molar-refractivity contribution in [3.63, 3.8) is 0 Å². The third kappa shape index (κ3) is 10.2. The SMILES string of the molecule is Fc1ccc(-n2c3ccccc3c3cc(N(c4ccc(-c5ccc(N(c6ccc(N(c7ccccc7)c7ccccc7)cc6)c6ccc7c(c6)c6ccccc6n7-c6ccc(F)cc6)cc5)cc4)c4ccc(N(c5ccccc5)c5ccccc5)cc4)ccc32)cc1. The predicted octanol–water partition coefficient (Wildman–Crippen LogP) is 23.7. The number of para-hydroxylation sites is 6. The van der Waals surface area contributed by atoms with Crippen LogP contribution in [-0.2, 0) is 0 Å². The van der Waals surface area contributed by atoms with E-state index in [9.17, 15) is 8.78 Å². The van der Waals surface area contributed by atoms with Crippen LogP contribution >= 0.6 is 0 Å². The van der Waals surface area contributed by atoms with Crippen molar-refractivity contribution in [2.24, 2.45) is 0 Å². The number of fused-ring (bicyclic) bond motifs is 6. The molecule has 2 heterocycles. The van der Waals surface area contributed by atoms with Crippen LogP contribution in [0.5, 0.6) is 0 Å². The molecule has 0 N–H and O–H groups in total. The third-order valence-electron chi connectivity index (χ3n) is 17.4. The van der Waals surface area contributed by atoms with Crippen molar-refractivity contribution in [2.75, 3.05) is 19.6 Å². The van der Waals surface area contributed by atoms with Gasteiger partial charge < -0.3 is 28.7 Å². The molecule has 2 aromatic heterocycles. The molecule has 6 nitrogen and oxygen atoms in total. The van der Waals surface area contributed by atoms with E-state index < -0.39 is 0 Å². The summed E-state index contributed by atoms with van der Waals surface area (Å²) in [7, 11) is 0. The van der Waals surface area contributed by atoms with Crippen LogP contribution in [0.4, 0.5) is 77.0 Å². The fourth-order valence-electron chi connectivity index (χ4n) is 13.1. The van der Waals surface area contributed by atoms with Gasteiger partial charge in [0.25, 0.3) is 0 Å². The highest BCUT2D eigenvalue weighted by Crippen LogP contribution is 2.45. The van der Waals surface area contributed by atoms with Gasteiger partial charge in [-0.15, -0.1) is 0 Å². The largest absolute Gasteiger partial charge is 0.311 e. The first kappa shape index (κ1) is 55.1. The van der Waals surface area contributed by atoms with Gasteiger partial charge in [0.05, 0.1) is 22.1 Å². The molecule has 0 saturated carbocycles. The number of rotatable bonds is 15. The number of hydrogen-bond acceptors (Lipinski definition) is 4. The van der Waals surface area contributed by atoms with Gasteiger partial charge in [-0.2, -0.15) is 0 Å². The van der Waals surface area contributed by atoms with E-state index in [0.29, 0.717) is 0 Å². The molecule has 8 heteroatoms. The lowest BCUT2D eigenvalue weighted by molar-refractivity contribution is 0.627. The Morgan fingerprint density at radius 3 is 0.717 bits per heavy atom. The van der Waals surface area contributed by atoms with Gasteiger partial charge in [-0.25, -0.2) is 8.78 Å². The molecular formula is C84H58F2N6. The normalized spacial score (nSPS) is 11.4. The van der Waals surface area contributed by atoms with E-state index in [0.717, 1.165) is 134 Å². The molecule has 92 heavy (non-hydrogen) atoms. The molecule has 438 valence electrons. The van der Waals surface area contributed by atoms with Crippen LogP contribution < -0.4 is 19.6 Å². The van der Waals surface area contributed by atoms with Gasteiger partial charge in [0.2, 0.25) is 0 Å². The maximum absolute atomic E-state index is 14.3. The van der Waals surface area contributed by atoms with Crippen molar-refractivity contribution >= 4 is 112 Å². The summed E-state index contributed by atoms with van der Waals surface area (Å²) in [5.41, 5.74) is 20.4. The molecule has 0 unspecified atom stereocenters. The minimum atomic E-state index is -0.270. The molecule has 0 atom stereocenters. The number of anilines is 12. The Kier molecular flexibility index (Phi) is 14.2. The van der Waals surface area contributed by atoms with E-state index >= 15 is 0 Å². The fourth-order valence-corrected chi connectivity index (χ4v) is 13.1. The van der Waals surface area contributed by atoms with Crippen LogP contribution in [0.2, 0.25) is 0 Å². The minimum Gasteiger partial charge on any atom is -0.311 e. The van der Waals surface area contributed by atoms with Gasteiger partial charge in [0.15, 0.2) is 0 Å². The number of nitrogens with zero attached hydrogens (tertiary/aromatic N) is 6. The predicted molar refractivity (Wildman–Crippen MR) is 379 cm³/mol. The number of hydrogen-bond donors (Lipinski definition) is 0. The standard InChI is InChI=1S/C84H58F2N6/c85-61-33-41-73(42-34-61)91-81-27-15-13-25-77(81)79-57-75(53-55-83(79)91)89(71-49-45-69(46-50-71)87(63-17-5-1-6-18-63)64-19-7-2-8-20-64)67-37-29-59(30-38-67)60-31-39-68(40-32-60)90(72-51-47-70(48-52-72)88(65-21-9-3-10-22-65)66-23-11-4-12-24-66)76-54-56-84-80(58-76)78-26-14-16-28-82(78)92(84)74-43-35-62(86)36-44-74/h1-58H. The molecule has 14 aromatic carbocycles. The van der Waals surface area contributed by atoms with E-state index in [1.165, 1.54) is 24.3 Å². The molecule has 0 aliphatic rings. The zero-order valence-electron chi connectivity index (χ0n) is 49.9. The van der Waals surface area contributed by atoms with E-state index in [1.54, 1.807) is 0 Å². The lowest BCUT2D eigenvalue weighted by Crippen LogP contribution is -2.12. The van der Waals surface area contributed by atoms with Crippen molar-refractivity contribution in [3.05, 3.63) is 363 Å². The Morgan fingerprint density at radius 2 is 0.413 bits per heavy atom. The fraction of sp³-hybridized carbons (Fsp3) is 0. The third-order valence-corrected chi connectivity index (χ3v) is 17.4. The summed E-state index contributed by atoms with van der Waals surface area (Å²) in [5, 5.41) is 4.38. The van der Waals surface area contributed by atoms with E-state index in [2.05, 4.69) is 308 Å². The summed E-state index contributed by atoms with van der Waals surface area (Å²) in [6.45, 7) is 0. The van der Waals surface area contributed by atoms with Crippen LogP contribution in [0, 0.1) is 11.6 Å². The van der Waals surface area contributed by atoms with Crippen LogP contribution in [0.1, 0.15) is 0 Å². The molecule has 0 aliphatic heterocycles. The van der Waals surface area contributed by atoms with Gasteiger partial charge in [0.1, 0.15) is 11.6 Å². The number of aromatic nitrogens is 2. The second-order valence-electron chi connectivity index (χ2n) is 22.9. The van der Waals surface area contributed by atoms with Crippen LogP contribution in [0.25, 0.3) is 66.1 Å². The topological polar surface area (TPSA) is 22.8 Å². The molecule has 16 aromatic rings. The molecule has 0 radical (unpaired) electrons. The lowest BCUT2D eigenvalue weighted by atomic mass is 10.0. The second kappa shape index (κ2) is 23.7. The first-order chi connectivity index (χ1) is 45.5. The van der Waals surface area contributed by atoms with E-state index in [1.807, 2.05) is 48.5 Å². The maximum atomic E-state index is 14.3. The number of benzene rings is 14. The Bertz CT molecular complexity index is 4840. The Labute approximate surface area is 532 Å². The van der Waals surface area contributed by atoms with Crippen LogP contribution in [0.3, 0.4) is 0 Å². The molecule has 0 saturated heterocycles. The summed E-state index contributed by atoms with van der Waals surface area (Å²) < 4.78 is 33.1. The molecular weight excluding hydrogens is 1130 g/mol. The highest BCUT2D eigenvalue weighted by atomic mass is 19.1. The van der Waals surface area contributed by atoms with Crippen molar-refractivity contribution in [3.8, 4) is 22.5 Å². The van der Waals surface area contributed by atoms with Crippen molar-refractivity contribution in [2.45, 2.75) is 0 Å². The zero-order valence-corrected chi connectivity index (χ0v) is 49.9. The van der Waals surface area contributed by atoms with Gasteiger partial charge in [-0.1, -0.05) is 133 Å². The van der Waals surface area contributed by atoms with Gasteiger partial charge in [0, 0.05) is 101 Å². The number of halogens is 2. The van der Waals surface area contributed by atoms with Crippen molar-refractivity contribution in [1.29, 1.82) is 0 Å². The summed E-state index contributed by atoms with van der Waals surface area (Å²) in [6.07, 6.45) is 0. The van der Waals surface area contributed by atoms with Gasteiger partial charge in [-0.05, 0) is 230 Å². The molecule has 0 bridgehead atoms. The Hall–Kier alpha value is -12.3. The molecule has 0 spiro atoms. The first-order valence-electron chi connectivity index (χ1n) is 30.9. The highest BCUT2D eigenvalue weighted by molar-refractivity contribution is 6.12. The molecule has 0 aliphatic carbocycles. The Morgan fingerprint density at radius 1 is 0.185 bits per heavy atom. The lowest BCUT2D eigenvalue weighted by Gasteiger charge is -2.29. The molecule has 0 fully saturated rings. The second-order valence-corrected chi connectivity index (χ2v) is 22.9. The summed E-state index contributed by atoms with van der Waals surface area (Å²) in [5.74, 6) is -0.540. The summed E-state index contributed by atoms with van der Waals surface area (Å²) >= 11 is 0. The quantitative estimate of drug-likeness (QED) is 0.102.